The summed E-state index contributed by atoms with van der Waals surface area (Å²) in [5.41, 5.74) is 0.961. The Morgan fingerprint density at radius 2 is 2.36 bits per heavy atom. The fourth-order valence-corrected chi connectivity index (χ4v) is 1.42. The lowest BCUT2D eigenvalue weighted by Gasteiger charge is -2.08. The fourth-order valence-electron chi connectivity index (χ4n) is 0.923. The third-order valence-electron chi connectivity index (χ3n) is 1.75. The standard InChI is InChI=1S/C10H10BrClN2/c1-7(5-13)6-14-8-2-3-10(12)9(11)4-8/h2-4,7,14H,6H2,1H3. The van der Waals surface area contributed by atoms with Crippen molar-refractivity contribution in [3.8, 4) is 6.07 Å². The Morgan fingerprint density at radius 1 is 1.64 bits per heavy atom. The van der Waals surface area contributed by atoms with Crippen molar-refractivity contribution in [1.29, 1.82) is 5.26 Å². The molecule has 0 aliphatic heterocycles. The van der Waals surface area contributed by atoms with Crippen LogP contribution in [-0.4, -0.2) is 6.54 Å². The van der Waals surface area contributed by atoms with Crippen LogP contribution >= 0.6 is 27.5 Å². The van der Waals surface area contributed by atoms with Crippen LogP contribution in [0.25, 0.3) is 0 Å². The zero-order chi connectivity index (χ0) is 10.6. The van der Waals surface area contributed by atoms with Crippen molar-refractivity contribution in [3.63, 3.8) is 0 Å². The van der Waals surface area contributed by atoms with E-state index in [4.69, 9.17) is 16.9 Å². The van der Waals surface area contributed by atoms with E-state index < -0.39 is 0 Å². The Morgan fingerprint density at radius 3 is 2.93 bits per heavy atom. The van der Waals surface area contributed by atoms with Crippen LogP contribution in [0.2, 0.25) is 5.02 Å². The van der Waals surface area contributed by atoms with Gasteiger partial charge >= 0.3 is 0 Å². The molecule has 0 radical (unpaired) electrons. The maximum Gasteiger partial charge on any atom is 0.0671 e. The highest BCUT2D eigenvalue weighted by atomic mass is 79.9. The molecule has 0 aliphatic carbocycles. The van der Waals surface area contributed by atoms with Gasteiger partial charge in [0.1, 0.15) is 0 Å². The second kappa shape index (κ2) is 5.23. The monoisotopic (exact) mass is 272 g/mol. The second-order valence-corrected chi connectivity index (χ2v) is 4.30. The van der Waals surface area contributed by atoms with E-state index in [0.29, 0.717) is 11.6 Å². The summed E-state index contributed by atoms with van der Waals surface area (Å²) in [5, 5.41) is 12.4. The lowest BCUT2D eigenvalue weighted by atomic mass is 10.2. The van der Waals surface area contributed by atoms with Gasteiger partial charge in [0.2, 0.25) is 0 Å². The highest BCUT2D eigenvalue weighted by Crippen LogP contribution is 2.25. The SMILES string of the molecule is CC(C#N)CNc1ccc(Cl)c(Br)c1. The Kier molecular flexibility index (Phi) is 4.24. The smallest absolute Gasteiger partial charge is 0.0671 e. The number of benzene rings is 1. The average molecular weight is 274 g/mol. The van der Waals surface area contributed by atoms with Crippen LogP contribution in [0, 0.1) is 17.2 Å². The largest absolute Gasteiger partial charge is 0.384 e. The van der Waals surface area contributed by atoms with Gasteiger partial charge in [0.05, 0.1) is 17.0 Å². The zero-order valence-corrected chi connectivity index (χ0v) is 10.1. The summed E-state index contributed by atoms with van der Waals surface area (Å²) in [6.45, 7) is 2.52. The molecule has 0 aliphatic rings. The topological polar surface area (TPSA) is 35.8 Å². The molecule has 1 aromatic carbocycles. The van der Waals surface area contributed by atoms with Gasteiger partial charge in [-0.3, -0.25) is 0 Å². The van der Waals surface area contributed by atoms with Crippen molar-refractivity contribution in [2.75, 3.05) is 11.9 Å². The molecular weight excluding hydrogens is 263 g/mol. The van der Waals surface area contributed by atoms with Crippen LogP contribution in [-0.2, 0) is 0 Å². The second-order valence-electron chi connectivity index (χ2n) is 3.04. The lowest BCUT2D eigenvalue weighted by Crippen LogP contribution is -2.09. The summed E-state index contributed by atoms with van der Waals surface area (Å²) in [4.78, 5) is 0. The molecule has 0 saturated heterocycles. The number of nitrogens with zero attached hydrogens (tertiary/aromatic N) is 1. The van der Waals surface area contributed by atoms with Gasteiger partial charge in [0.15, 0.2) is 0 Å². The minimum absolute atomic E-state index is 0.00412. The van der Waals surface area contributed by atoms with E-state index in [1.54, 1.807) is 0 Å². The number of anilines is 1. The highest BCUT2D eigenvalue weighted by molar-refractivity contribution is 9.10. The minimum Gasteiger partial charge on any atom is -0.384 e. The van der Waals surface area contributed by atoms with Gasteiger partial charge in [-0.15, -0.1) is 0 Å². The van der Waals surface area contributed by atoms with Gasteiger partial charge in [0, 0.05) is 16.7 Å². The summed E-state index contributed by atoms with van der Waals surface area (Å²) >= 11 is 9.18. The van der Waals surface area contributed by atoms with E-state index in [9.17, 15) is 0 Å². The van der Waals surface area contributed by atoms with Crippen LogP contribution in [0.15, 0.2) is 22.7 Å². The number of hydrogen-bond donors (Lipinski definition) is 1. The first-order valence-electron chi connectivity index (χ1n) is 4.22. The molecule has 0 fully saturated rings. The molecule has 0 aromatic heterocycles. The predicted molar refractivity (Wildman–Crippen MR) is 62.4 cm³/mol. The van der Waals surface area contributed by atoms with E-state index >= 15 is 0 Å². The van der Waals surface area contributed by atoms with Crippen molar-refractivity contribution in [2.24, 2.45) is 5.92 Å². The zero-order valence-electron chi connectivity index (χ0n) is 7.72. The first kappa shape index (κ1) is 11.4. The summed E-state index contributed by atoms with van der Waals surface area (Å²) < 4.78 is 0.855. The summed E-state index contributed by atoms with van der Waals surface area (Å²) in [6.07, 6.45) is 0. The van der Waals surface area contributed by atoms with E-state index in [1.165, 1.54) is 0 Å². The van der Waals surface area contributed by atoms with Gasteiger partial charge in [-0.1, -0.05) is 11.6 Å². The Bertz CT molecular complexity index is 360. The molecule has 74 valence electrons. The van der Waals surface area contributed by atoms with Crippen LogP contribution in [0.1, 0.15) is 6.92 Å². The lowest BCUT2D eigenvalue weighted by molar-refractivity contribution is 0.786. The Balaban J connectivity index is 2.61. The van der Waals surface area contributed by atoms with Crippen molar-refractivity contribution >= 4 is 33.2 Å². The highest BCUT2D eigenvalue weighted by Gasteiger charge is 2.01. The van der Waals surface area contributed by atoms with Crippen molar-refractivity contribution in [2.45, 2.75) is 6.92 Å². The van der Waals surface area contributed by atoms with E-state index in [-0.39, 0.29) is 5.92 Å². The molecule has 1 unspecified atom stereocenters. The molecular formula is C10H10BrClN2. The van der Waals surface area contributed by atoms with Gasteiger partial charge in [-0.25, -0.2) is 0 Å². The first-order chi connectivity index (χ1) is 6.63. The molecule has 0 heterocycles. The number of nitriles is 1. The predicted octanol–water partition coefficient (Wildman–Crippen LogP) is 3.67. The Labute approximate surface area is 97.0 Å². The van der Waals surface area contributed by atoms with Crippen LogP contribution in [0.5, 0.6) is 0 Å². The van der Waals surface area contributed by atoms with E-state index in [1.807, 2.05) is 25.1 Å². The third kappa shape index (κ3) is 3.21. The van der Waals surface area contributed by atoms with Crippen LogP contribution in [0.3, 0.4) is 0 Å². The van der Waals surface area contributed by atoms with E-state index in [2.05, 4.69) is 27.3 Å². The molecule has 1 rings (SSSR count). The summed E-state index contributed by atoms with van der Waals surface area (Å²) in [7, 11) is 0. The fraction of sp³-hybridized carbons (Fsp3) is 0.300. The number of hydrogen-bond acceptors (Lipinski definition) is 2. The molecule has 1 atom stereocenters. The van der Waals surface area contributed by atoms with Gasteiger partial charge in [-0.2, -0.15) is 5.26 Å². The molecule has 0 saturated carbocycles. The molecule has 4 heteroatoms. The van der Waals surface area contributed by atoms with Crippen molar-refractivity contribution in [1.82, 2.24) is 0 Å². The van der Waals surface area contributed by atoms with Gasteiger partial charge in [-0.05, 0) is 41.1 Å². The van der Waals surface area contributed by atoms with Gasteiger partial charge in [0.25, 0.3) is 0 Å². The van der Waals surface area contributed by atoms with E-state index in [0.717, 1.165) is 10.2 Å². The summed E-state index contributed by atoms with van der Waals surface area (Å²) in [6, 6.07) is 7.75. The third-order valence-corrected chi connectivity index (χ3v) is 2.97. The first-order valence-corrected chi connectivity index (χ1v) is 5.39. The number of halogens is 2. The normalized spacial score (nSPS) is 11.9. The molecule has 0 bridgehead atoms. The van der Waals surface area contributed by atoms with Crippen molar-refractivity contribution in [3.05, 3.63) is 27.7 Å². The quantitative estimate of drug-likeness (QED) is 0.912. The number of nitrogens with one attached hydrogen (secondary N) is 1. The molecule has 1 N–H and O–H groups in total. The van der Waals surface area contributed by atoms with Crippen LogP contribution < -0.4 is 5.32 Å². The average Bonchev–Trinajstić information content (AvgIpc) is 2.19. The maximum atomic E-state index is 8.59. The molecule has 14 heavy (non-hydrogen) atoms. The summed E-state index contributed by atoms with van der Waals surface area (Å²) in [5.74, 6) is 0.00412. The Hall–Kier alpha value is -0.720. The van der Waals surface area contributed by atoms with Crippen LogP contribution in [0.4, 0.5) is 5.69 Å². The molecule has 0 spiro atoms. The number of rotatable bonds is 3. The van der Waals surface area contributed by atoms with Crippen molar-refractivity contribution < 1.29 is 0 Å². The molecule has 2 nitrogen and oxygen atoms in total. The maximum absolute atomic E-state index is 8.59. The molecule has 0 amide bonds. The minimum atomic E-state index is 0.00412. The molecule has 1 aromatic rings. The van der Waals surface area contributed by atoms with Gasteiger partial charge < -0.3 is 5.32 Å².